The third kappa shape index (κ3) is 4.91. The first-order valence-electron chi connectivity index (χ1n) is 9.56. The fourth-order valence-electron chi connectivity index (χ4n) is 3.26. The molecule has 2 fully saturated rings. The summed E-state index contributed by atoms with van der Waals surface area (Å²) in [7, 11) is 0. The fourth-order valence-corrected chi connectivity index (χ4v) is 5.04. The molecule has 8 heteroatoms. The number of imide groups is 1. The van der Waals surface area contributed by atoms with Crippen molar-refractivity contribution >= 4 is 58.3 Å². The summed E-state index contributed by atoms with van der Waals surface area (Å²) in [5, 5.41) is 0.305. The monoisotopic (exact) mass is 458 g/mol. The minimum absolute atomic E-state index is 0.167. The van der Waals surface area contributed by atoms with Crippen molar-refractivity contribution in [2.24, 2.45) is 0 Å². The van der Waals surface area contributed by atoms with E-state index in [1.165, 1.54) is 0 Å². The normalized spacial score (nSPS) is 18.0. The van der Waals surface area contributed by atoms with Crippen molar-refractivity contribution in [3.63, 3.8) is 0 Å². The molecule has 0 radical (unpaired) electrons. The van der Waals surface area contributed by atoms with Crippen molar-refractivity contribution < 1.29 is 14.4 Å². The first-order valence-corrected chi connectivity index (χ1v) is 11.6. The van der Waals surface area contributed by atoms with E-state index in [2.05, 4.69) is 0 Å². The Balaban J connectivity index is 1.41. The lowest BCUT2D eigenvalue weighted by molar-refractivity contribution is -0.135. The van der Waals surface area contributed by atoms with Crippen molar-refractivity contribution in [2.45, 2.75) is 22.6 Å². The van der Waals surface area contributed by atoms with Crippen LogP contribution in [0.15, 0.2) is 63.2 Å². The number of hydrogen-bond acceptors (Lipinski definition) is 5. The highest BCUT2D eigenvalue weighted by molar-refractivity contribution is 8.18. The molecule has 0 N–H and O–H groups in total. The zero-order chi connectivity index (χ0) is 21.1. The molecule has 2 aromatic rings. The number of carbonyl (C=O) groups is 3. The van der Waals surface area contributed by atoms with Crippen LogP contribution < -0.4 is 0 Å². The summed E-state index contributed by atoms with van der Waals surface area (Å²) in [5.74, 6) is -0.572. The second kappa shape index (κ2) is 9.29. The Hall–Kier alpha value is -2.22. The topological polar surface area (TPSA) is 57.7 Å². The van der Waals surface area contributed by atoms with E-state index >= 15 is 0 Å². The number of carbonyl (C=O) groups excluding carboxylic acids is 3. The highest BCUT2D eigenvalue weighted by Gasteiger charge is 2.37. The van der Waals surface area contributed by atoms with Crippen LogP contribution in [-0.2, 0) is 9.59 Å². The van der Waals surface area contributed by atoms with Crippen LogP contribution in [-0.4, -0.2) is 46.5 Å². The van der Waals surface area contributed by atoms with E-state index in [0.29, 0.717) is 23.0 Å². The SMILES string of the molecule is O=C(CN1C(=O)S/C(=C/c2ccc(Sc3ccc(Cl)cc3)cc2)C1=O)N1CCCC1. The van der Waals surface area contributed by atoms with E-state index in [4.69, 9.17) is 11.6 Å². The fraction of sp³-hybridized carbons (Fsp3) is 0.227. The number of likely N-dealkylation sites (tertiary alicyclic amines) is 1. The third-order valence-corrected chi connectivity index (χ3v) is 7.03. The summed E-state index contributed by atoms with van der Waals surface area (Å²) >= 11 is 8.41. The average molecular weight is 459 g/mol. The second-order valence-electron chi connectivity index (χ2n) is 6.98. The summed E-state index contributed by atoms with van der Waals surface area (Å²) < 4.78 is 0. The molecule has 0 spiro atoms. The maximum atomic E-state index is 12.6. The van der Waals surface area contributed by atoms with Gasteiger partial charge in [-0.3, -0.25) is 19.3 Å². The van der Waals surface area contributed by atoms with Crippen molar-refractivity contribution in [2.75, 3.05) is 19.6 Å². The lowest BCUT2D eigenvalue weighted by Crippen LogP contribution is -2.40. The molecule has 154 valence electrons. The molecule has 2 aliphatic heterocycles. The van der Waals surface area contributed by atoms with E-state index in [1.807, 2.05) is 48.5 Å². The number of nitrogens with zero attached hydrogens (tertiary/aromatic N) is 2. The predicted molar refractivity (Wildman–Crippen MR) is 121 cm³/mol. The molecular formula is C22H19ClN2O3S2. The average Bonchev–Trinajstić information content (AvgIpc) is 3.36. The molecule has 0 saturated carbocycles. The predicted octanol–water partition coefficient (Wildman–Crippen LogP) is 5.15. The van der Waals surface area contributed by atoms with Gasteiger partial charge >= 0.3 is 0 Å². The zero-order valence-electron chi connectivity index (χ0n) is 16.0. The van der Waals surface area contributed by atoms with Crippen molar-refractivity contribution in [1.82, 2.24) is 9.80 Å². The molecule has 0 bridgehead atoms. The van der Waals surface area contributed by atoms with Crippen LogP contribution in [0, 0.1) is 0 Å². The third-order valence-electron chi connectivity index (χ3n) is 4.85. The Morgan fingerprint density at radius 1 is 1.00 bits per heavy atom. The van der Waals surface area contributed by atoms with Gasteiger partial charge in [0, 0.05) is 27.9 Å². The van der Waals surface area contributed by atoms with Crippen LogP contribution in [0.3, 0.4) is 0 Å². The van der Waals surface area contributed by atoms with Gasteiger partial charge in [-0.05, 0) is 72.6 Å². The van der Waals surface area contributed by atoms with Crippen LogP contribution >= 0.6 is 35.1 Å². The van der Waals surface area contributed by atoms with Gasteiger partial charge in [0.25, 0.3) is 11.1 Å². The summed E-state index contributed by atoms with van der Waals surface area (Å²) in [6.07, 6.45) is 3.64. The van der Waals surface area contributed by atoms with Crippen LogP contribution in [0.4, 0.5) is 4.79 Å². The summed E-state index contributed by atoms with van der Waals surface area (Å²) in [4.78, 5) is 42.4. The summed E-state index contributed by atoms with van der Waals surface area (Å²) in [5.41, 5.74) is 0.826. The molecule has 0 aromatic heterocycles. The van der Waals surface area contributed by atoms with Crippen LogP contribution in [0.5, 0.6) is 0 Å². The van der Waals surface area contributed by atoms with Gasteiger partial charge in [0.05, 0.1) is 4.91 Å². The maximum Gasteiger partial charge on any atom is 0.294 e. The maximum absolute atomic E-state index is 12.6. The minimum Gasteiger partial charge on any atom is -0.341 e. The van der Waals surface area contributed by atoms with Gasteiger partial charge in [-0.1, -0.05) is 35.5 Å². The second-order valence-corrected chi connectivity index (χ2v) is 9.56. The molecule has 30 heavy (non-hydrogen) atoms. The van der Waals surface area contributed by atoms with E-state index in [0.717, 1.165) is 44.9 Å². The molecule has 0 unspecified atom stereocenters. The van der Waals surface area contributed by atoms with E-state index in [9.17, 15) is 14.4 Å². The summed E-state index contributed by atoms with van der Waals surface area (Å²) in [6, 6.07) is 15.4. The number of rotatable bonds is 5. The smallest absolute Gasteiger partial charge is 0.294 e. The molecular weight excluding hydrogens is 440 g/mol. The number of halogens is 1. The highest BCUT2D eigenvalue weighted by atomic mass is 35.5. The molecule has 3 amide bonds. The highest BCUT2D eigenvalue weighted by Crippen LogP contribution is 2.33. The molecule has 0 aliphatic carbocycles. The number of thioether (sulfide) groups is 1. The molecule has 5 nitrogen and oxygen atoms in total. The first-order chi connectivity index (χ1) is 14.5. The first kappa shape index (κ1) is 21.0. The zero-order valence-corrected chi connectivity index (χ0v) is 18.4. The molecule has 2 aromatic carbocycles. The van der Waals surface area contributed by atoms with Gasteiger partial charge < -0.3 is 4.90 Å². The Bertz CT molecular complexity index is 1000. The molecule has 0 atom stereocenters. The van der Waals surface area contributed by atoms with Crippen LogP contribution in [0.25, 0.3) is 6.08 Å². The van der Waals surface area contributed by atoms with Gasteiger partial charge in [0.2, 0.25) is 5.91 Å². The Morgan fingerprint density at radius 3 is 2.23 bits per heavy atom. The van der Waals surface area contributed by atoms with Crippen molar-refractivity contribution in [3.05, 3.63) is 64.0 Å². The quantitative estimate of drug-likeness (QED) is 0.580. The van der Waals surface area contributed by atoms with Crippen molar-refractivity contribution in [1.29, 1.82) is 0 Å². The van der Waals surface area contributed by atoms with Crippen LogP contribution in [0.2, 0.25) is 5.02 Å². The van der Waals surface area contributed by atoms with E-state index in [1.54, 1.807) is 22.7 Å². The summed E-state index contributed by atoms with van der Waals surface area (Å²) in [6.45, 7) is 1.22. The lowest BCUT2D eigenvalue weighted by atomic mass is 10.2. The van der Waals surface area contributed by atoms with E-state index in [-0.39, 0.29) is 12.5 Å². The molecule has 4 rings (SSSR count). The van der Waals surface area contributed by atoms with Crippen LogP contribution in [0.1, 0.15) is 18.4 Å². The minimum atomic E-state index is -0.405. The van der Waals surface area contributed by atoms with Gasteiger partial charge in [0.15, 0.2) is 0 Å². The van der Waals surface area contributed by atoms with Gasteiger partial charge in [-0.15, -0.1) is 0 Å². The standard InChI is InChI=1S/C22H19ClN2O3S2/c23-16-5-9-18(10-6-16)29-17-7-3-15(4-8-17)13-19-21(27)25(22(28)30-19)14-20(26)24-11-1-2-12-24/h3-10,13H,1-2,11-12,14H2/b19-13+. The lowest BCUT2D eigenvalue weighted by Gasteiger charge is -2.18. The van der Waals surface area contributed by atoms with Gasteiger partial charge in [-0.2, -0.15) is 0 Å². The number of benzene rings is 2. The number of hydrogen-bond donors (Lipinski definition) is 0. The Kier molecular flexibility index (Phi) is 6.51. The number of amides is 3. The Morgan fingerprint density at radius 2 is 1.60 bits per heavy atom. The van der Waals surface area contributed by atoms with Gasteiger partial charge in [0.1, 0.15) is 6.54 Å². The molecule has 2 heterocycles. The Labute approximate surface area is 188 Å². The van der Waals surface area contributed by atoms with Gasteiger partial charge in [-0.25, -0.2) is 0 Å². The van der Waals surface area contributed by atoms with Crippen molar-refractivity contribution in [3.8, 4) is 0 Å². The molecule has 2 saturated heterocycles. The largest absolute Gasteiger partial charge is 0.341 e. The molecule has 2 aliphatic rings. The van der Waals surface area contributed by atoms with E-state index < -0.39 is 11.1 Å².